The lowest BCUT2D eigenvalue weighted by molar-refractivity contribution is -0.142. The van der Waals surface area contributed by atoms with Gasteiger partial charge < -0.3 is 9.47 Å². The Bertz CT molecular complexity index is 969. The summed E-state index contributed by atoms with van der Waals surface area (Å²) in [4.78, 5) is 35.3. The van der Waals surface area contributed by atoms with Gasteiger partial charge in [-0.15, -0.1) is 0 Å². The van der Waals surface area contributed by atoms with E-state index in [0.717, 1.165) is 26.0 Å². The molecule has 162 valence electrons. The number of hydrogen-bond acceptors (Lipinski definition) is 8. The van der Waals surface area contributed by atoms with Gasteiger partial charge in [0.15, 0.2) is 10.9 Å². The van der Waals surface area contributed by atoms with Gasteiger partial charge in [-0.3, -0.25) is 0 Å². The standard InChI is InChI=1S/C17H14F5N3O4S/c1-28-14(26)9-8(6-7-4-5-23-16(24-7)30-3)10(15(27)29-2)12(17(20,21)22)25-11(9)13(18)19/h4-5,13H,6H2,1-3H3. The molecule has 2 aromatic heterocycles. The van der Waals surface area contributed by atoms with E-state index in [9.17, 15) is 31.5 Å². The first kappa shape index (κ1) is 23.4. The zero-order valence-corrected chi connectivity index (χ0v) is 16.5. The van der Waals surface area contributed by atoms with Gasteiger partial charge in [0, 0.05) is 18.3 Å². The number of alkyl halides is 5. The smallest absolute Gasteiger partial charge is 0.434 e. The van der Waals surface area contributed by atoms with Gasteiger partial charge in [0.25, 0.3) is 6.43 Å². The first-order valence-corrected chi connectivity index (χ1v) is 9.22. The van der Waals surface area contributed by atoms with Crippen LogP contribution in [0.3, 0.4) is 0 Å². The lowest BCUT2D eigenvalue weighted by atomic mass is 9.93. The van der Waals surface area contributed by atoms with Crippen molar-refractivity contribution < 1.29 is 41.0 Å². The zero-order valence-electron chi connectivity index (χ0n) is 15.7. The largest absolute Gasteiger partial charge is 0.465 e. The van der Waals surface area contributed by atoms with Crippen molar-refractivity contribution >= 4 is 23.7 Å². The monoisotopic (exact) mass is 451 g/mol. The lowest BCUT2D eigenvalue weighted by Gasteiger charge is -2.20. The highest BCUT2D eigenvalue weighted by Gasteiger charge is 2.43. The van der Waals surface area contributed by atoms with E-state index in [-0.39, 0.29) is 10.9 Å². The van der Waals surface area contributed by atoms with E-state index in [0.29, 0.717) is 0 Å². The van der Waals surface area contributed by atoms with Crippen LogP contribution in [0.5, 0.6) is 0 Å². The van der Waals surface area contributed by atoms with E-state index >= 15 is 0 Å². The number of hydrogen-bond donors (Lipinski definition) is 0. The molecule has 0 aromatic carbocycles. The number of carbonyl (C=O) groups excluding carboxylic acids is 2. The van der Waals surface area contributed by atoms with Gasteiger partial charge in [0.1, 0.15) is 5.69 Å². The summed E-state index contributed by atoms with van der Waals surface area (Å²) in [7, 11) is 1.66. The molecule has 0 radical (unpaired) electrons. The SMILES string of the molecule is COC(=O)c1c(C(F)F)nc(C(F)(F)F)c(C(=O)OC)c1Cc1ccnc(SC)n1. The highest BCUT2D eigenvalue weighted by Crippen LogP contribution is 2.38. The average Bonchev–Trinajstić information content (AvgIpc) is 2.71. The van der Waals surface area contributed by atoms with E-state index in [1.807, 2.05) is 0 Å². The maximum atomic E-state index is 13.6. The fourth-order valence-electron chi connectivity index (χ4n) is 2.60. The number of methoxy groups -OCH3 is 2. The molecule has 2 rings (SSSR count). The number of rotatable bonds is 6. The summed E-state index contributed by atoms with van der Waals surface area (Å²) in [6.45, 7) is 0. The molecule has 2 heterocycles. The van der Waals surface area contributed by atoms with Crippen molar-refractivity contribution in [2.75, 3.05) is 20.5 Å². The number of ether oxygens (including phenoxy) is 2. The van der Waals surface area contributed by atoms with Gasteiger partial charge in [-0.05, 0) is 17.9 Å². The van der Waals surface area contributed by atoms with E-state index < -0.39 is 59.0 Å². The molecule has 0 N–H and O–H groups in total. The van der Waals surface area contributed by atoms with Crippen LogP contribution >= 0.6 is 11.8 Å². The van der Waals surface area contributed by atoms with Crippen molar-refractivity contribution in [2.45, 2.75) is 24.2 Å². The number of esters is 2. The molecule has 13 heteroatoms. The molecule has 0 saturated carbocycles. The third kappa shape index (κ3) is 4.83. The Kier molecular flexibility index (Phi) is 7.29. The minimum absolute atomic E-state index is 0.0733. The van der Waals surface area contributed by atoms with E-state index in [4.69, 9.17) is 0 Å². The second-order valence-corrected chi connectivity index (χ2v) is 6.34. The Morgan fingerprint density at radius 1 is 1.10 bits per heavy atom. The highest BCUT2D eigenvalue weighted by atomic mass is 32.2. The van der Waals surface area contributed by atoms with Crippen LogP contribution in [0.1, 0.15) is 49.8 Å². The quantitative estimate of drug-likeness (QED) is 0.284. The van der Waals surface area contributed by atoms with Crippen LogP contribution in [0.4, 0.5) is 22.0 Å². The lowest BCUT2D eigenvalue weighted by Crippen LogP contribution is -2.25. The highest BCUT2D eigenvalue weighted by molar-refractivity contribution is 7.98. The predicted molar refractivity (Wildman–Crippen MR) is 93.5 cm³/mol. The van der Waals surface area contributed by atoms with Gasteiger partial charge in [-0.25, -0.2) is 33.3 Å². The molecule has 0 unspecified atom stereocenters. The molecule has 0 atom stereocenters. The molecule has 7 nitrogen and oxygen atoms in total. The first-order chi connectivity index (χ1) is 14.0. The van der Waals surface area contributed by atoms with Crippen LogP contribution < -0.4 is 0 Å². The van der Waals surface area contributed by atoms with Crippen LogP contribution in [-0.4, -0.2) is 47.4 Å². The number of nitrogens with zero attached hydrogens (tertiary/aromatic N) is 3. The van der Waals surface area contributed by atoms with Crippen molar-refractivity contribution in [3.63, 3.8) is 0 Å². The average molecular weight is 451 g/mol. The fourth-order valence-corrected chi connectivity index (χ4v) is 2.98. The fraction of sp³-hybridized carbons (Fsp3) is 0.353. The summed E-state index contributed by atoms with van der Waals surface area (Å²) in [5.74, 6) is -2.89. The maximum absolute atomic E-state index is 13.6. The molecular weight excluding hydrogens is 437 g/mol. The van der Waals surface area contributed by atoms with Crippen molar-refractivity contribution in [1.29, 1.82) is 0 Å². The minimum Gasteiger partial charge on any atom is -0.465 e. The Hall–Kier alpha value is -2.83. The molecule has 0 bridgehead atoms. The van der Waals surface area contributed by atoms with Crippen LogP contribution in [0.15, 0.2) is 17.4 Å². The Balaban J connectivity index is 2.95. The number of carbonyl (C=O) groups is 2. The molecule has 0 amide bonds. The topological polar surface area (TPSA) is 91.3 Å². The third-order valence-electron chi connectivity index (χ3n) is 3.81. The molecule has 30 heavy (non-hydrogen) atoms. The van der Waals surface area contributed by atoms with Gasteiger partial charge in [0.2, 0.25) is 0 Å². The van der Waals surface area contributed by atoms with E-state index in [1.165, 1.54) is 12.3 Å². The van der Waals surface area contributed by atoms with E-state index in [1.54, 1.807) is 6.26 Å². The van der Waals surface area contributed by atoms with Gasteiger partial charge in [0.05, 0.1) is 25.3 Å². The second kappa shape index (κ2) is 9.32. The molecule has 0 aliphatic rings. The molecule has 0 spiro atoms. The van der Waals surface area contributed by atoms with Gasteiger partial charge in [-0.2, -0.15) is 13.2 Å². The zero-order chi connectivity index (χ0) is 22.6. The summed E-state index contributed by atoms with van der Waals surface area (Å²) in [6, 6.07) is 1.30. The number of thioether (sulfide) groups is 1. The van der Waals surface area contributed by atoms with Crippen LogP contribution in [0.2, 0.25) is 0 Å². The molecule has 0 fully saturated rings. The summed E-state index contributed by atoms with van der Waals surface area (Å²) in [5, 5.41) is 0.242. The number of aromatic nitrogens is 3. The summed E-state index contributed by atoms with van der Waals surface area (Å²) < 4.78 is 76.7. The molecule has 2 aromatic rings. The van der Waals surface area contributed by atoms with Gasteiger partial charge >= 0.3 is 18.1 Å². The van der Waals surface area contributed by atoms with Crippen molar-refractivity contribution in [3.8, 4) is 0 Å². The minimum atomic E-state index is -5.29. The molecule has 0 aliphatic heterocycles. The maximum Gasteiger partial charge on any atom is 0.434 e. The molecule has 0 saturated heterocycles. The van der Waals surface area contributed by atoms with Gasteiger partial charge in [-0.1, -0.05) is 11.8 Å². The Labute approximate surface area is 171 Å². The molecular formula is C17H14F5N3O4S. The summed E-state index contributed by atoms with van der Waals surface area (Å²) >= 11 is 1.12. The van der Waals surface area contributed by atoms with Crippen molar-refractivity contribution in [2.24, 2.45) is 0 Å². The first-order valence-electron chi connectivity index (χ1n) is 7.99. The number of pyridine rings is 1. The van der Waals surface area contributed by atoms with Crippen molar-refractivity contribution in [1.82, 2.24) is 15.0 Å². The Morgan fingerprint density at radius 3 is 2.20 bits per heavy atom. The third-order valence-corrected chi connectivity index (χ3v) is 4.38. The molecule has 0 aliphatic carbocycles. The Morgan fingerprint density at radius 2 is 1.70 bits per heavy atom. The van der Waals surface area contributed by atoms with Crippen LogP contribution in [0.25, 0.3) is 0 Å². The summed E-state index contributed by atoms with van der Waals surface area (Å²) in [5.41, 5.74) is -6.09. The van der Waals surface area contributed by atoms with Crippen LogP contribution in [-0.2, 0) is 22.1 Å². The van der Waals surface area contributed by atoms with Crippen molar-refractivity contribution in [3.05, 3.63) is 46.0 Å². The second-order valence-electron chi connectivity index (χ2n) is 5.57. The predicted octanol–water partition coefficient (Wildman–Crippen LogP) is 3.71. The normalized spacial score (nSPS) is 11.5. The van der Waals surface area contributed by atoms with Crippen LogP contribution in [0, 0.1) is 0 Å². The number of halogens is 5. The summed E-state index contributed by atoms with van der Waals surface area (Å²) in [6.07, 6.45) is -6.49. The van der Waals surface area contributed by atoms with E-state index in [2.05, 4.69) is 24.4 Å².